The normalized spacial score (nSPS) is 13.4. The number of esters is 1. The first-order valence-corrected chi connectivity index (χ1v) is 15.8. The van der Waals surface area contributed by atoms with Crippen LogP contribution in [0.1, 0.15) is 155 Å². The van der Waals surface area contributed by atoms with Crippen molar-refractivity contribution in [3.05, 3.63) is 0 Å². The molecule has 0 aromatic carbocycles. The first kappa shape index (κ1) is 35.9. The van der Waals surface area contributed by atoms with Gasteiger partial charge in [-0.1, -0.05) is 136 Å². The Morgan fingerprint density at radius 3 is 1.49 bits per heavy atom. The van der Waals surface area contributed by atoms with Gasteiger partial charge in [-0.25, -0.2) is 0 Å². The van der Waals surface area contributed by atoms with E-state index in [1.165, 1.54) is 109 Å². The third-order valence-corrected chi connectivity index (χ3v) is 7.32. The number of aliphatic carboxylic acids is 1. The van der Waals surface area contributed by atoms with Gasteiger partial charge in [-0.05, 0) is 12.3 Å². The summed E-state index contributed by atoms with van der Waals surface area (Å²) in [5.74, 6) is -0.544. The van der Waals surface area contributed by atoms with Crippen LogP contribution in [0, 0.1) is 5.92 Å². The van der Waals surface area contributed by atoms with Crippen molar-refractivity contribution in [2.75, 3.05) is 27.7 Å². The number of unbranched alkanes of at least 4 members (excludes halogenated alkanes) is 16. The second-order valence-corrected chi connectivity index (χ2v) is 12.6. The molecular weight excluding hydrogens is 462 g/mol. The van der Waals surface area contributed by atoms with Gasteiger partial charge in [-0.2, -0.15) is 0 Å². The molecule has 0 rings (SSSR count). The van der Waals surface area contributed by atoms with E-state index in [0.29, 0.717) is 17.4 Å². The predicted molar refractivity (Wildman–Crippen MR) is 154 cm³/mol. The molecule has 0 aliphatic rings. The third kappa shape index (κ3) is 27.7. The lowest BCUT2D eigenvalue weighted by molar-refractivity contribution is -0.873. The second kappa shape index (κ2) is 24.0. The molecule has 0 spiro atoms. The summed E-state index contributed by atoms with van der Waals surface area (Å²) >= 11 is 0. The molecule has 37 heavy (non-hydrogen) atoms. The van der Waals surface area contributed by atoms with Crippen LogP contribution in [0.15, 0.2) is 0 Å². The van der Waals surface area contributed by atoms with Gasteiger partial charge in [0.05, 0.1) is 21.1 Å². The van der Waals surface area contributed by atoms with E-state index in [9.17, 15) is 14.7 Å². The van der Waals surface area contributed by atoms with Crippen molar-refractivity contribution in [1.82, 2.24) is 0 Å². The average Bonchev–Trinajstić information content (AvgIpc) is 2.80. The molecule has 0 aromatic rings. The third-order valence-electron chi connectivity index (χ3n) is 7.32. The number of likely N-dealkylation sites (N-methyl/N-ethyl adjacent to an activating group) is 1. The van der Waals surface area contributed by atoms with Crippen molar-refractivity contribution >= 4 is 11.9 Å². The number of nitrogens with zero attached hydrogens (tertiary/aromatic N) is 1. The zero-order chi connectivity index (χ0) is 27.8. The molecule has 0 heterocycles. The van der Waals surface area contributed by atoms with Crippen LogP contribution in [0.2, 0.25) is 0 Å². The van der Waals surface area contributed by atoms with E-state index in [4.69, 9.17) is 4.74 Å². The van der Waals surface area contributed by atoms with Crippen molar-refractivity contribution in [3.8, 4) is 0 Å². The lowest BCUT2D eigenvalue weighted by atomic mass is 9.96. The molecule has 5 nitrogen and oxygen atoms in total. The van der Waals surface area contributed by atoms with Crippen LogP contribution in [0.3, 0.4) is 0 Å². The maximum absolute atomic E-state index is 12.1. The van der Waals surface area contributed by atoms with Gasteiger partial charge in [0.1, 0.15) is 6.54 Å². The van der Waals surface area contributed by atoms with Crippen LogP contribution in [-0.4, -0.2) is 50.2 Å². The SMILES string of the molecule is CCCCCCCCC(C)CCCCCCCCCCCCCCC(=O)OC(CC(=O)[O-])C[N+](C)(C)C. The molecule has 0 amide bonds. The highest BCUT2D eigenvalue weighted by molar-refractivity contribution is 5.70. The lowest BCUT2D eigenvalue weighted by Gasteiger charge is -2.29. The molecule has 0 saturated carbocycles. The number of hydrogen-bond acceptors (Lipinski definition) is 4. The van der Waals surface area contributed by atoms with Crippen molar-refractivity contribution in [2.24, 2.45) is 5.92 Å². The molecule has 0 radical (unpaired) electrons. The maximum Gasteiger partial charge on any atom is 0.306 e. The van der Waals surface area contributed by atoms with Crippen molar-refractivity contribution in [2.45, 2.75) is 161 Å². The molecule has 220 valence electrons. The standard InChI is InChI=1S/C32H63NO4/c1-6-7-8-9-18-21-24-29(2)25-22-19-16-14-12-10-11-13-15-17-20-23-26-32(36)37-30(27-31(34)35)28-33(3,4)5/h29-30H,6-28H2,1-5H3. The van der Waals surface area contributed by atoms with E-state index in [0.717, 1.165) is 25.2 Å². The Morgan fingerprint density at radius 2 is 1.08 bits per heavy atom. The highest BCUT2D eigenvalue weighted by Gasteiger charge is 2.22. The zero-order valence-electron chi connectivity index (χ0n) is 25.5. The summed E-state index contributed by atoms with van der Waals surface area (Å²) in [4.78, 5) is 23.0. The fourth-order valence-corrected chi connectivity index (χ4v) is 5.13. The van der Waals surface area contributed by atoms with Crippen LogP contribution in [-0.2, 0) is 14.3 Å². The largest absolute Gasteiger partial charge is 0.550 e. The second-order valence-electron chi connectivity index (χ2n) is 12.6. The summed E-state index contributed by atoms with van der Waals surface area (Å²) in [5, 5.41) is 10.9. The Hall–Kier alpha value is -1.10. The molecule has 0 aromatic heterocycles. The zero-order valence-corrected chi connectivity index (χ0v) is 25.5. The first-order valence-electron chi connectivity index (χ1n) is 15.8. The molecule has 2 unspecified atom stereocenters. The molecule has 0 saturated heterocycles. The van der Waals surface area contributed by atoms with Crippen LogP contribution >= 0.6 is 0 Å². The summed E-state index contributed by atoms with van der Waals surface area (Å²) in [6.45, 7) is 5.20. The fourth-order valence-electron chi connectivity index (χ4n) is 5.13. The Bertz CT molecular complexity index is 543. The maximum atomic E-state index is 12.1. The van der Waals surface area contributed by atoms with Gasteiger partial charge in [-0.15, -0.1) is 0 Å². The summed E-state index contributed by atoms with van der Waals surface area (Å²) in [6, 6.07) is 0. The number of ether oxygens (including phenoxy) is 1. The van der Waals surface area contributed by atoms with Gasteiger partial charge in [0.25, 0.3) is 0 Å². The topological polar surface area (TPSA) is 66.4 Å². The molecule has 0 bridgehead atoms. The van der Waals surface area contributed by atoms with Crippen LogP contribution < -0.4 is 5.11 Å². The minimum absolute atomic E-state index is 0.236. The van der Waals surface area contributed by atoms with Crippen molar-refractivity contribution in [1.29, 1.82) is 0 Å². The smallest absolute Gasteiger partial charge is 0.306 e. The van der Waals surface area contributed by atoms with Crippen molar-refractivity contribution in [3.63, 3.8) is 0 Å². The summed E-state index contributed by atoms with van der Waals surface area (Å²) < 4.78 is 5.96. The van der Waals surface area contributed by atoms with Crippen LogP contribution in [0.5, 0.6) is 0 Å². The highest BCUT2D eigenvalue weighted by atomic mass is 16.5. The summed E-state index contributed by atoms with van der Waals surface area (Å²) in [6.07, 6.45) is 26.1. The minimum Gasteiger partial charge on any atom is -0.550 e. The number of carboxylic acid groups (broad SMARTS) is 1. The van der Waals surface area contributed by atoms with E-state index >= 15 is 0 Å². The van der Waals surface area contributed by atoms with Gasteiger partial charge < -0.3 is 19.1 Å². The first-order chi connectivity index (χ1) is 17.6. The molecule has 0 aliphatic carbocycles. The van der Waals surface area contributed by atoms with E-state index in [-0.39, 0.29) is 12.4 Å². The monoisotopic (exact) mass is 525 g/mol. The Morgan fingerprint density at radius 1 is 0.676 bits per heavy atom. The number of rotatable bonds is 27. The minimum atomic E-state index is -1.17. The number of hydrogen-bond donors (Lipinski definition) is 0. The fraction of sp³-hybridized carbons (Fsp3) is 0.938. The van der Waals surface area contributed by atoms with E-state index in [1.807, 2.05) is 21.1 Å². The average molecular weight is 526 g/mol. The summed E-state index contributed by atoms with van der Waals surface area (Å²) in [5.41, 5.74) is 0. The molecule has 0 aliphatic heterocycles. The lowest BCUT2D eigenvalue weighted by Crippen LogP contribution is -2.45. The van der Waals surface area contributed by atoms with Gasteiger partial charge in [0.2, 0.25) is 0 Å². The molecule has 0 fully saturated rings. The Kier molecular flexibility index (Phi) is 23.3. The predicted octanol–water partition coefficient (Wildman–Crippen LogP) is 7.59. The molecule has 0 N–H and O–H groups in total. The van der Waals surface area contributed by atoms with Gasteiger partial charge in [0.15, 0.2) is 6.10 Å². The van der Waals surface area contributed by atoms with Gasteiger partial charge in [0, 0.05) is 18.8 Å². The number of carbonyl (C=O) groups is 2. The van der Waals surface area contributed by atoms with Crippen LogP contribution in [0.25, 0.3) is 0 Å². The van der Waals surface area contributed by atoms with E-state index in [1.54, 1.807) is 0 Å². The van der Waals surface area contributed by atoms with Crippen molar-refractivity contribution < 1.29 is 23.9 Å². The quantitative estimate of drug-likeness (QED) is 0.0629. The highest BCUT2D eigenvalue weighted by Crippen LogP contribution is 2.19. The number of carboxylic acids is 1. The number of carbonyl (C=O) groups excluding carboxylic acids is 2. The Labute approximate surface area is 230 Å². The number of quaternary nitrogens is 1. The molecule has 5 heteroatoms. The van der Waals surface area contributed by atoms with Crippen LogP contribution in [0.4, 0.5) is 0 Å². The summed E-state index contributed by atoms with van der Waals surface area (Å²) in [7, 11) is 5.86. The molecular formula is C32H63NO4. The van der Waals surface area contributed by atoms with E-state index in [2.05, 4.69) is 13.8 Å². The molecule has 2 atom stereocenters. The van der Waals surface area contributed by atoms with E-state index < -0.39 is 12.1 Å². The van der Waals surface area contributed by atoms with Gasteiger partial charge >= 0.3 is 5.97 Å². The van der Waals surface area contributed by atoms with Gasteiger partial charge in [-0.3, -0.25) is 4.79 Å². The Balaban J connectivity index is 3.49.